The molecular weight excluding hydrogens is 146 g/mol. The summed E-state index contributed by atoms with van der Waals surface area (Å²) in [5, 5.41) is 0. The van der Waals surface area contributed by atoms with Crippen molar-refractivity contribution in [1.82, 2.24) is 4.90 Å². The normalized spacial score (nSPS) is 23.9. The molecule has 0 N–H and O–H groups in total. The molecule has 0 aromatic heterocycles. The van der Waals surface area contributed by atoms with E-state index in [-0.39, 0.29) is 0 Å². The summed E-state index contributed by atoms with van der Waals surface area (Å²) in [6.45, 7) is 11.0. The molecular formula is C11H21N. The van der Waals surface area contributed by atoms with Crippen molar-refractivity contribution in [3.05, 3.63) is 12.2 Å². The fourth-order valence-electron chi connectivity index (χ4n) is 2.06. The van der Waals surface area contributed by atoms with Gasteiger partial charge in [0, 0.05) is 0 Å². The largest absolute Gasteiger partial charge is 0.306 e. The summed E-state index contributed by atoms with van der Waals surface area (Å²) in [4.78, 5) is 2.42. The van der Waals surface area contributed by atoms with Crippen LogP contribution in [0.1, 0.15) is 33.1 Å². The zero-order chi connectivity index (χ0) is 9.19. The van der Waals surface area contributed by atoms with E-state index in [0.717, 1.165) is 0 Å². The van der Waals surface area contributed by atoms with Crippen molar-refractivity contribution in [3.8, 4) is 0 Å². The summed E-state index contributed by atoms with van der Waals surface area (Å²) < 4.78 is 0. The number of hydrogen-bond donors (Lipinski definition) is 0. The summed E-state index contributed by atoms with van der Waals surface area (Å²) in [5.41, 5.74) is 1.88. The van der Waals surface area contributed by atoms with E-state index in [4.69, 9.17) is 0 Å². The minimum Gasteiger partial charge on any atom is -0.306 e. The van der Waals surface area contributed by atoms with E-state index in [2.05, 4.69) is 32.4 Å². The lowest BCUT2D eigenvalue weighted by atomic mass is 9.76. The molecule has 1 saturated heterocycles. The second kappa shape index (κ2) is 3.61. The molecule has 0 aromatic carbocycles. The van der Waals surface area contributed by atoms with E-state index in [0.29, 0.717) is 5.41 Å². The van der Waals surface area contributed by atoms with Gasteiger partial charge in [-0.3, -0.25) is 0 Å². The molecule has 1 heterocycles. The molecule has 0 spiro atoms. The molecule has 1 fully saturated rings. The summed E-state index contributed by atoms with van der Waals surface area (Å²) >= 11 is 0. The molecule has 0 saturated carbocycles. The number of hydrogen-bond acceptors (Lipinski definition) is 1. The van der Waals surface area contributed by atoms with E-state index in [1.165, 1.54) is 37.9 Å². The first kappa shape index (κ1) is 9.79. The lowest BCUT2D eigenvalue weighted by molar-refractivity contribution is 0.139. The molecule has 0 unspecified atom stereocenters. The summed E-state index contributed by atoms with van der Waals surface area (Å²) in [6, 6.07) is 0. The third-order valence-electron chi connectivity index (χ3n) is 2.92. The lowest BCUT2D eigenvalue weighted by Gasteiger charge is -2.38. The van der Waals surface area contributed by atoms with Crippen LogP contribution in [0.2, 0.25) is 0 Å². The molecule has 1 heteroatoms. The van der Waals surface area contributed by atoms with Crippen LogP contribution in [0, 0.1) is 5.41 Å². The Labute approximate surface area is 76.5 Å². The first-order valence-electron chi connectivity index (χ1n) is 4.85. The second-order valence-electron chi connectivity index (χ2n) is 4.75. The lowest BCUT2D eigenvalue weighted by Crippen LogP contribution is -2.36. The third kappa shape index (κ3) is 2.63. The van der Waals surface area contributed by atoms with E-state index in [1.54, 1.807) is 0 Å². The van der Waals surface area contributed by atoms with Gasteiger partial charge in [-0.15, -0.1) is 6.58 Å². The first-order valence-corrected chi connectivity index (χ1v) is 4.85. The maximum absolute atomic E-state index is 4.00. The minimum absolute atomic E-state index is 0.540. The Balaban J connectivity index is 2.44. The third-order valence-corrected chi connectivity index (χ3v) is 2.92. The molecule has 70 valence electrons. The Morgan fingerprint density at radius 2 is 1.92 bits per heavy atom. The van der Waals surface area contributed by atoms with Gasteiger partial charge < -0.3 is 4.90 Å². The van der Waals surface area contributed by atoms with Gasteiger partial charge in [-0.1, -0.05) is 12.5 Å². The Morgan fingerprint density at radius 1 is 1.42 bits per heavy atom. The van der Waals surface area contributed by atoms with Crippen molar-refractivity contribution in [3.63, 3.8) is 0 Å². The van der Waals surface area contributed by atoms with E-state index in [9.17, 15) is 0 Å². The van der Waals surface area contributed by atoms with Gasteiger partial charge in [0.05, 0.1) is 0 Å². The topological polar surface area (TPSA) is 3.24 Å². The molecule has 0 atom stereocenters. The van der Waals surface area contributed by atoms with E-state index >= 15 is 0 Å². The van der Waals surface area contributed by atoms with Crippen LogP contribution in [0.25, 0.3) is 0 Å². The number of piperidine rings is 1. The van der Waals surface area contributed by atoms with Crippen molar-refractivity contribution < 1.29 is 0 Å². The quantitative estimate of drug-likeness (QED) is 0.572. The zero-order valence-corrected chi connectivity index (χ0v) is 8.69. The fraction of sp³-hybridized carbons (Fsp3) is 0.818. The molecule has 0 radical (unpaired) electrons. The Kier molecular flexibility index (Phi) is 2.94. The van der Waals surface area contributed by atoms with Gasteiger partial charge in [0.2, 0.25) is 0 Å². The molecule has 0 aliphatic carbocycles. The van der Waals surface area contributed by atoms with Gasteiger partial charge in [-0.25, -0.2) is 0 Å². The van der Waals surface area contributed by atoms with Crippen LogP contribution >= 0.6 is 0 Å². The Morgan fingerprint density at radius 3 is 2.33 bits per heavy atom. The first-order chi connectivity index (χ1) is 5.52. The number of likely N-dealkylation sites (tertiary alicyclic amines) is 1. The van der Waals surface area contributed by atoms with Crippen LogP contribution in [0.15, 0.2) is 12.2 Å². The second-order valence-corrected chi connectivity index (χ2v) is 4.75. The Hall–Kier alpha value is -0.300. The van der Waals surface area contributed by atoms with Crippen molar-refractivity contribution in [2.24, 2.45) is 5.41 Å². The van der Waals surface area contributed by atoms with E-state index in [1.807, 2.05) is 0 Å². The number of rotatable bonds is 2. The van der Waals surface area contributed by atoms with Gasteiger partial charge in [0.25, 0.3) is 0 Å². The highest BCUT2D eigenvalue weighted by molar-refractivity contribution is 4.96. The van der Waals surface area contributed by atoms with Gasteiger partial charge in [-0.05, 0) is 51.7 Å². The van der Waals surface area contributed by atoms with Gasteiger partial charge in [0.15, 0.2) is 0 Å². The van der Waals surface area contributed by atoms with Gasteiger partial charge in [0.1, 0.15) is 0 Å². The SMILES string of the molecule is C=C(C)CC1(C)CCN(C)CC1. The average molecular weight is 167 g/mol. The standard InChI is InChI=1S/C11H21N/c1-10(2)9-11(3)5-7-12(4)8-6-11/h1,5-9H2,2-4H3. The zero-order valence-electron chi connectivity index (χ0n) is 8.69. The molecule has 1 nitrogen and oxygen atoms in total. The molecule has 1 aliphatic rings. The fourth-order valence-corrected chi connectivity index (χ4v) is 2.06. The predicted octanol–water partition coefficient (Wildman–Crippen LogP) is 2.68. The number of allylic oxidation sites excluding steroid dienone is 1. The smallest absolute Gasteiger partial charge is 0.00165 e. The molecule has 0 aromatic rings. The molecule has 12 heavy (non-hydrogen) atoms. The summed E-state index contributed by atoms with van der Waals surface area (Å²) in [7, 11) is 2.21. The van der Waals surface area contributed by atoms with Crippen LogP contribution in [0.4, 0.5) is 0 Å². The Bertz CT molecular complexity index is 164. The highest BCUT2D eigenvalue weighted by atomic mass is 15.1. The highest BCUT2D eigenvalue weighted by Gasteiger charge is 2.28. The van der Waals surface area contributed by atoms with Gasteiger partial charge in [-0.2, -0.15) is 0 Å². The van der Waals surface area contributed by atoms with Crippen LogP contribution in [0.5, 0.6) is 0 Å². The number of nitrogens with zero attached hydrogens (tertiary/aromatic N) is 1. The van der Waals surface area contributed by atoms with Crippen molar-refractivity contribution in [1.29, 1.82) is 0 Å². The maximum atomic E-state index is 4.00. The molecule has 0 bridgehead atoms. The minimum atomic E-state index is 0.540. The molecule has 1 rings (SSSR count). The van der Waals surface area contributed by atoms with E-state index < -0.39 is 0 Å². The molecule has 0 amide bonds. The highest BCUT2D eigenvalue weighted by Crippen LogP contribution is 2.35. The summed E-state index contributed by atoms with van der Waals surface area (Å²) in [5.74, 6) is 0. The maximum Gasteiger partial charge on any atom is -0.00165 e. The predicted molar refractivity (Wildman–Crippen MR) is 54.3 cm³/mol. The summed E-state index contributed by atoms with van der Waals surface area (Å²) in [6.07, 6.45) is 3.87. The van der Waals surface area contributed by atoms with Crippen LogP contribution < -0.4 is 0 Å². The van der Waals surface area contributed by atoms with Crippen molar-refractivity contribution in [2.75, 3.05) is 20.1 Å². The monoisotopic (exact) mass is 167 g/mol. The van der Waals surface area contributed by atoms with Gasteiger partial charge >= 0.3 is 0 Å². The molecule has 1 aliphatic heterocycles. The van der Waals surface area contributed by atoms with Crippen LogP contribution in [0.3, 0.4) is 0 Å². The van der Waals surface area contributed by atoms with Crippen molar-refractivity contribution >= 4 is 0 Å². The van der Waals surface area contributed by atoms with Crippen LogP contribution in [-0.2, 0) is 0 Å². The average Bonchev–Trinajstić information content (AvgIpc) is 1.94. The van der Waals surface area contributed by atoms with Crippen LogP contribution in [-0.4, -0.2) is 25.0 Å². The van der Waals surface area contributed by atoms with Crippen molar-refractivity contribution in [2.45, 2.75) is 33.1 Å².